The van der Waals surface area contributed by atoms with E-state index in [-0.39, 0.29) is 30.1 Å². The molecule has 0 unspecified atom stereocenters. The van der Waals surface area contributed by atoms with E-state index in [1.807, 2.05) is 56.5 Å². The van der Waals surface area contributed by atoms with E-state index < -0.39 is 0 Å². The Labute approximate surface area is 196 Å². The zero-order valence-electron chi connectivity index (χ0n) is 19.0. The summed E-state index contributed by atoms with van der Waals surface area (Å²) in [5.74, 6) is 0.142. The van der Waals surface area contributed by atoms with E-state index in [1.165, 1.54) is 17.0 Å². The molecule has 5 nitrogen and oxygen atoms in total. The molecule has 1 aliphatic heterocycles. The van der Waals surface area contributed by atoms with Gasteiger partial charge < -0.3 is 9.30 Å². The maximum absolute atomic E-state index is 13.3. The summed E-state index contributed by atoms with van der Waals surface area (Å²) in [6, 6.07) is 14.1. The molecular weight excluding hydrogens is 439 g/mol. The molecule has 7 heteroatoms. The number of aryl methyl sites for hydroxylation is 3. The highest BCUT2D eigenvalue weighted by atomic mass is 32.2. The lowest BCUT2D eigenvalue weighted by Crippen LogP contribution is -2.32. The van der Waals surface area contributed by atoms with Gasteiger partial charge in [-0.3, -0.25) is 14.5 Å². The largest absolute Gasteiger partial charge is 0.491 e. The van der Waals surface area contributed by atoms with E-state index in [9.17, 15) is 14.0 Å². The van der Waals surface area contributed by atoms with Crippen molar-refractivity contribution >= 4 is 29.0 Å². The van der Waals surface area contributed by atoms with Crippen LogP contribution in [0.15, 0.2) is 53.4 Å². The van der Waals surface area contributed by atoms with Crippen LogP contribution in [0.5, 0.6) is 5.75 Å². The third-order valence-electron chi connectivity index (χ3n) is 5.63. The van der Waals surface area contributed by atoms with Crippen molar-refractivity contribution in [3.63, 3.8) is 0 Å². The Kier molecular flexibility index (Phi) is 6.42. The van der Waals surface area contributed by atoms with E-state index >= 15 is 0 Å². The number of halogens is 1. The number of thioether (sulfide) groups is 1. The second kappa shape index (κ2) is 9.27. The summed E-state index contributed by atoms with van der Waals surface area (Å²) in [6.45, 7) is 8.24. The molecule has 0 radical (unpaired) electrons. The predicted octanol–water partition coefficient (Wildman–Crippen LogP) is 5.97. The third kappa shape index (κ3) is 4.73. The molecule has 3 aromatic rings. The fourth-order valence-electron chi connectivity index (χ4n) is 3.86. The summed E-state index contributed by atoms with van der Waals surface area (Å²) in [4.78, 5) is 27.0. The highest BCUT2D eigenvalue weighted by Crippen LogP contribution is 2.33. The lowest BCUT2D eigenvalue weighted by molar-refractivity contribution is -0.123. The van der Waals surface area contributed by atoms with E-state index in [0.717, 1.165) is 51.3 Å². The number of aromatic nitrogens is 1. The Bertz CT molecular complexity index is 1260. The average Bonchev–Trinajstić information content (AvgIpc) is 3.20. The monoisotopic (exact) mass is 464 g/mol. The van der Waals surface area contributed by atoms with Crippen LogP contribution in [0.3, 0.4) is 0 Å². The van der Waals surface area contributed by atoms with Gasteiger partial charge in [-0.1, -0.05) is 12.1 Å². The number of hydrogen-bond donors (Lipinski definition) is 0. The number of benzene rings is 2. The molecule has 2 amide bonds. The van der Waals surface area contributed by atoms with Crippen LogP contribution in [0.4, 0.5) is 9.18 Å². The first-order valence-corrected chi connectivity index (χ1v) is 11.5. The minimum atomic E-state index is -0.318. The van der Waals surface area contributed by atoms with E-state index in [1.54, 1.807) is 18.2 Å². The molecule has 0 spiro atoms. The first-order valence-electron chi connectivity index (χ1n) is 10.6. The summed E-state index contributed by atoms with van der Waals surface area (Å²) in [5, 5.41) is -0.303. The number of imide groups is 1. The smallest absolute Gasteiger partial charge is 0.293 e. The molecule has 0 bridgehead atoms. The Morgan fingerprint density at radius 2 is 1.73 bits per heavy atom. The average molecular weight is 465 g/mol. The van der Waals surface area contributed by atoms with Crippen molar-refractivity contribution in [1.82, 2.24) is 9.47 Å². The molecule has 0 N–H and O–H groups in total. The van der Waals surface area contributed by atoms with Crippen LogP contribution >= 0.6 is 11.8 Å². The highest BCUT2D eigenvalue weighted by molar-refractivity contribution is 8.18. The molecule has 1 aliphatic rings. The maximum Gasteiger partial charge on any atom is 0.293 e. The number of carbonyl (C=O) groups excluding carboxylic acids is 2. The van der Waals surface area contributed by atoms with Gasteiger partial charge >= 0.3 is 0 Å². The fourth-order valence-corrected chi connectivity index (χ4v) is 4.72. The molecule has 33 heavy (non-hydrogen) atoms. The van der Waals surface area contributed by atoms with Gasteiger partial charge in [-0.15, -0.1) is 0 Å². The topological polar surface area (TPSA) is 51.5 Å². The molecule has 1 saturated heterocycles. The summed E-state index contributed by atoms with van der Waals surface area (Å²) in [6.07, 6.45) is 1.75. The highest BCUT2D eigenvalue weighted by Gasteiger charge is 2.35. The maximum atomic E-state index is 13.3. The molecular formula is C26H25FN2O3S. The Hall–Kier alpha value is -3.32. The molecule has 0 aliphatic carbocycles. The third-order valence-corrected chi connectivity index (χ3v) is 6.54. The number of rotatable bonds is 6. The van der Waals surface area contributed by atoms with E-state index in [2.05, 4.69) is 0 Å². The van der Waals surface area contributed by atoms with Gasteiger partial charge in [0.15, 0.2) is 0 Å². The van der Waals surface area contributed by atoms with Crippen LogP contribution in [0.1, 0.15) is 28.1 Å². The van der Waals surface area contributed by atoms with Crippen LogP contribution in [0.25, 0.3) is 11.8 Å². The van der Waals surface area contributed by atoms with Crippen molar-refractivity contribution in [2.24, 2.45) is 0 Å². The van der Waals surface area contributed by atoms with Crippen LogP contribution in [-0.4, -0.2) is 33.8 Å². The van der Waals surface area contributed by atoms with Gasteiger partial charge in [-0.05, 0) is 98.6 Å². The lowest BCUT2D eigenvalue weighted by Gasteiger charge is -2.14. The van der Waals surface area contributed by atoms with Crippen molar-refractivity contribution in [1.29, 1.82) is 0 Å². The molecule has 2 heterocycles. The molecule has 0 saturated carbocycles. The number of nitrogens with zero attached hydrogens (tertiary/aromatic N) is 2. The van der Waals surface area contributed by atoms with E-state index in [0.29, 0.717) is 4.91 Å². The van der Waals surface area contributed by atoms with Crippen LogP contribution in [-0.2, 0) is 4.79 Å². The standard InChI is InChI=1S/C26H25FN2O3S/c1-16-5-6-17(2)23(13-16)32-12-11-28-25(30)24(33-26(28)31)15-20-14-18(3)29(19(20)4)22-9-7-21(27)8-10-22/h5-10,13-15H,11-12H2,1-4H3/b24-15-. The first kappa shape index (κ1) is 22.9. The fraction of sp³-hybridized carbons (Fsp3) is 0.231. The van der Waals surface area contributed by atoms with Crippen LogP contribution in [0, 0.1) is 33.5 Å². The molecule has 170 valence electrons. The summed E-state index contributed by atoms with van der Waals surface area (Å²) >= 11 is 0.934. The minimum absolute atomic E-state index is 0.185. The van der Waals surface area contributed by atoms with Crippen molar-refractivity contribution in [3.8, 4) is 11.4 Å². The second-order valence-corrected chi connectivity index (χ2v) is 9.08. The van der Waals surface area contributed by atoms with E-state index in [4.69, 9.17) is 4.74 Å². The molecule has 0 atom stereocenters. The van der Waals surface area contributed by atoms with Crippen molar-refractivity contribution < 1.29 is 18.7 Å². The van der Waals surface area contributed by atoms with Gasteiger partial charge in [0.2, 0.25) is 0 Å². The molecule has 1 aromatic heterocycles. The Morgan fingerprint density at radius 1 is 1.00 bits per heavy atom. The van der Waals surface area contributed by atoms with Crippen molar-refractivity contribution in [2.45, 2.75) is 27.7 Å². The molecule has 4 rings (SSSR count). The number of ether oxygens (including phenoxy) is 1. The van der Waals surface area contributed by atoms with Gasteiger partial charge in [-0.25, -0.2) is 4.39 Å². The summed E-state index contributed by atoms with van der Waals surface area (Å²) in [5.41, 5.74) is 5.63. The minimum Gasteiger partial charge on any atom is -0.491 e. The van der Waals surface area contributed by atoms with Crippen molar-refractivity contribution in [2.75, 3.05) is 13.2 Å². The first-order chi connectivity index (χ1) is 15.7. The zero-order chi connectivity index (χ0) is 23.7. The number of carbonyl (C=O) groups is 2. The quantitative estimate of drug-likeness (QED) is 0.422. The lowest BCUT2D eigenvalue weighted by atomic mass is 10.1. The van der Waals surface area contributed by atoms with Gasteiger partial charge in [0.05, 0.1) is 11.4 Å². The van der Waals surface area contributed by atoms with Crippen molar-refractivity contribution in [3.05, 3.63) is 87.3 Å². The van der Waals surface area contributed by atoms with Crippen LogP contribution in [0.2, 0.25) is 0 Å². The van der Waals surface area contributed by atoms with Gasteiger partial charge in [0, 0.05) is 17.1 Å². The molecule has 2 aromatic carbocycles. The molecule has 1 fully saturated rings. The van der Waals surface area contributed by atoms with Gasteiger partial charge in [-0.2, -0.15) is 0 Å². The van der Waals surface area contributed by atoms with Gasteiger partial charge in [0.1, 0.15) is 18.2 Å². The Balaban J connectivity index is 1.49. The van der Waals surface area contributed by atoms with Gasteiger partial charge in [0.25, 0.3) is 11.1 Å². The summed E-state index contributed by atoms with van der Waals surface area (Å²) < 4.78 is 21.1. The zero-order valence-corrected chi connectivity index (χ0v) is 19.8. The SMILES string of the molecule is Cc1ccc(C)c(OCCN2C(=O)S/C(=C\c3cc(C)n(-c4ccc(F)cc4)c3C)C2=O)c1. The predicted molar refractivity (Wildman–Crippen MR) is 129 cm³/mol. The van der Waals surface area contributed by atoms with Crippen LogP contribution < -0.4 is 4.74 Å². The summed E-state index contributed by atoms with van der Waals surface area (Å²) in [7, 11) is 0. The number of hydrogen-bond acceptors (Lipinski definition) is 4. The Morgan fingerprint density at radius 3 is 2.45 bits per heavy atom. The number of amides is 2. The normalized spacial score (nSPS) is 15.1. The second-order valence-electron chi connectivity index (χ2n) is 8.09.